The van der Waals surface area contributed by atoms with Crippen molar-refractivity contribution in [3.05, 3.63) is 35.4 Å². The van der Waals surface area contributed by atoms with Crippen LogP contribution in [0.3, 0.4) is 0 Å². The highest BCUT2D eigenvalue weighted by Crippen LogP contribution is 2.37. The maximum absolute atomic E-state index is 9.52. The van der Waals surface area contributed by atoms with Crippen molar-refractivity contribution in [1.82, 2.24) is 5.32 Å². The topological polar surface area (TPSA) is 32.3 Å². The van der Waals surface area contributed by atoms with Gasteiger partial charge in [0.1, 0.15) is 0 Å². The Kier molecular flexibility index (Phi) is 3.90. The molecule has 19 heavy (non-hydrogen) atoms. The van der Waals surface area contributed by atoms with Crippen molar-refractivity contribution in [2.45, 2.75) is 57.1 Å². The van der Waals surface area contributed by atoms with E-state index in [1.807, 2.05) is 0 Å². The maximum Gasteiger partial charge on any atom is 0.0543 e. The van der Waals surface area contributed by atoms with Crippen LogP contribution in [0.15, 0.2) is 24.3 Å². The molecule has 2 heteroatoms. The number of aryl methyl sites for hydroxylation is 1. The quantitative estimate of drug-likeness (QED) is 0.871. The summed E-state index contributed by atoms with van der Waals surface area (Å²) >= 11 is 0. The van der Waals surface area contributed by atoms with Gasteiger partial charge in [-0.3, -0.25) is 0 Å². The van der Waals surface area contributed by atoms with E-state index in [9.17, 15) is 5.11 Å². The number of nitrogens with one attached hydrogen (secondary N) is 1. The van der Waals surface area contributed by atoms with Gasteiger partial charge in [0.2, 0.25) is 0 Å². The summed E-state index contributed by atoms with van der Waals surface area (Å²) in [4.78, 5) is 0. The molecule has 0 amide bonds. The Bertz CT molecular complexity index is 425. The minimum absolute atomic E-state index is 0.0340. The van der Waals surface area contributed by atoms with Gasteiger partial charge in [0, 0.05) is 6.04 Å². The fraction of sp³-hybridized carbons (Fsp3) is 0.647. The molecule has 2 nitrogen and oxygen atoms in total. The predicted octanol–water partition coefficient (Wildman–Crippen LogP) is 2.99. The van der Waals surface area contributed by atoms with Crippen molar-refractivity contribution >= 4 is 0 Å². The molecule has 2 N–H and O–H groups in total. The van der Waals surface area contributed by atoms with E-state index in [4.69, 9.17) is 0 Å². The Morgan fingerprint density at radius 2 is 2.05 bits per heavy atom. The minimum Gasteiger partial charge on any atom is -0.393 e. The van der Waals surface area contributed by atoms with Crippen LogP contribution in [-0.2, 0) is 0 Å². The molecular weight excluding hydrogens is 234 g/mol. The molecule has 2 aliphatic rings. The number of hydrogen-bond donors (Lipinski definition) is 2. The summed E-state index contributed by atoms with van der Waals surface area (Å²) < 4.78 is 0. The SMILES string of the molecule is Cc1cccc(C2CC(NCC3CCC(O)C3)C2)c1. The minimum atomic E-state index is -0.0340. The molecule has 0 aliphatic heterocycles. The van der Waals surface area contributed by atoms with Gasteiger partial charge in [0.15, 0.2) is 0 Å². The standard InChI is InChI=1S/C17H25NO/c1-12-3-2-4-14(7-12)15-9-16(10-15)18-11-13-5-6-17(19)8-13/h2-4,7,13,15-19H,5-6,8-11H2,1H3. The van der Waals surface area contributed by atoms with Crippen molar-refractivity contribution in [1.29, 1.82) is 0 Å². The molecule has 0 bridgehead atoms. The first-order chi connectivity index (χ1) is 9.20. The number of rotatable bonds is 4. The van der Waals surface area contributed by atoms with E-state index in [-0.39, 0.29) is 6.10 Å². The van der Waals surface area contributed by atoms with Gasteiger partial charge in [-0.15, -0.1) is 0 Å². The molecule has 0 saturated heterocycles. The lowest BCUT2D eigenvalue weighted by Crippen LogP contribution is -2.42. The average molecular weight is 259 g/mol. The summed E-state index contributed by atoms with van der Waals surface area (Å²) in [5.74, 6) is 1.46. The third-order valence-electron chi connectivity index (χ3n) is 4.86. The number of aliphatic hydroxyl groups is 1. The summed E-state index contributed by atoms with van der Waals surface area (Å²) in [6, 6.07) is 9.63. The fourth-order valence-corrected chi connectivity index (χ4v) is 3.55. The average Bonchev–Trinajstić information content (AvgIpc) is 2.73. The second kappa shape index (κ2) is 5.64. The van der Waals surface area contributed by atoms with E-state index in [0.29, 0.717) is 12.0 Å². The second-order valence-electron chi connectivity index (χ2n) is 6.52. The molecule has 2 saturated carbocycles. The Hall–Kier alpha value is -0.860. The molecule has 1 aromatic carbocycles. The number of hydrogen-bond acceptors (Lipinski definition) is 2. The van der Waals surface area contributed by atoms with Gasteiger partial charge in [-0.05, 0) is 63.0 Å². The largest absolute Gasteiger partial charge is 0.393 e. The first kappa shape index (κ1) is 13.1. The molecule has 0 radical (unpaired) electrons. The molecular formula is C17H25NO. The van der Waals surface area contributed by atoms with Crippen LogP contribution in [-0.4, -0.2) is 23.8 Å². The van der Waals surface area contributed by atoms with E-state index in [0.717, 1.165) is 25.3 Å². The van der Waals surface area contributed by atoms with E-state index < -0.39 is 0 Å². The van der Waals surface area contributed by atoms with Crippen molar-refractivity contribution in [3.63, 3.8) is 0 Å². The lowest BCUT2D eigenvalue weighted by atomic mass is 9.75. The Morgan fingerprint density at radius 1 is 1.21 bits per heavy atom. The van der Waals surface area contributed by atoms with Crippen molar-refractivity contribution in [2.75, 3.05) is 6.54 Å². The zero-order valence-corrected chi connectivity index (χ0v) is 11.8. The van der Waals surface area contributed by atoms with Crippen molar-refractivity contribution in [2.24, 2.45) is 5.92 Å². The summed E-state index contributed by atoms with van der Waals surface area (Å²) in [5.41, 5.74) is 2.88. The van der Waals surface area contributed by atoms with Crippen LogP contribution in [0.4, 0.5) is 0 Å². The first-order valence-corrected chi connectivity index (χ1v) is 7.68. The highest BCUT2D eigenvalue weighted by atomic mass is 16.3. The molecule has 2 atom stereocenters. The molecule has 2 fully saturated rings. The zero-order chi connectivity index (χ0) is 13.2. The van der Waals surface area contributed by atoms with Crippen molar-refractivity contribution < 1.29 is 5.11 Å². The van der Waals surface area contributed by atoms with E-state index in [2.05, 4.69) is 36.5 Å². The van der Waals surface area contributed by atoms with Crippen molar-refractivity contribution in [3.8, 4) is 0 Å². The monoisotopic (exact) mass is 259 g/mol. The maximum atomic E-state index is 9.52. The molecule has 1 aromatic rings. The van der Waals surface area contributed by atoms with Gasteiger partial charge in [-0.1, -0.05) is 29.8 Å². The highest BCUT2D eigenvalue weighted by Gasteiger charge is 2.31. The number of aliphatic hydroxyl groups excluding tert-OH is 1. The summed E-state index contributed by atoms with van der Waals surface area (Å²) in [5, 5.41) is 13.2. The normalized spacial score (nSPS) is 34.2. The molecule has 0 heterocycles. The lowest BCUT2D eigenvalue weighted by molar-refractivity contribution is 0.176. The highest BCUT2D eigenvalue weighted by molar-refractivity contribution is 5.27. The van der Waals surface area contributed by atoms with Crippen LogP contribution in [0.2, 0.25) is 0 Å². The van der Waals surface area contributed by atoms with Gasteiger partial charge in [0.25, 0.3) is 0 Å². The van der Waals surface area contributed by atoms with Gasteiger partial charge in [-0.25, -0.2) is 0 Å². The Balaban J connectivity index is 1.41. The Morgan fingerprint density at radius 3 is 2.74 bits per heavy atom. The fourth-order valence-electron chi connectivity index (χ4n) is 3.55. The first-order valence-electron chi connectivity index (χ1n) is 7.68. The van der Waals surface area contributed by atoms with Crippen LogP contribution in [0.1, 0.15) is 49.1 Å². The third kappa shape index (κ3) is 3.18. The van der Waals surface area contributed by atoms with Crippen LogP contribution in [0, 0.1) is 12.8 Å². The van der Waals surface area contributed by atoms with Gasteiger partial charge in [-0.2, -0.15) is 0 Å². The smallest absolute Gasteiger partial charge is 0.0543 e. The van der Waals surface area contributed by atoms with Crippen LogP contribution in [0.25, 0.3) is 0 Å². The van der Waals surface area contributed by atoms with Crippen LogP contribution in [0.5, 0.6) is 0 Å². The predicted molar refractivity (Wildman–Crippen MR) is 78.3 cm³/mol. The molecule has 2 unspecified atom stereocenters. The molecule has 2 aliphatic carbocycles. The van der Waals surface area contributed by atoms with Crippen LogP contribution >= 0.6 is 0 Å². The molecule has 104 valence electrons. The van der Waals surface area contributed by atoms with Gasteiger partial charge in [0.05, 0.1) is 6.10 Å². The van der Waals surface area contributed by atoms with E-state index in [1.54, 1.807) is 0 Å². The Labute approximate surface area is 116 Å². The lowest BCUT2D eigenvalue weighted by Gasteiger charge is -2.37. The number of benzene rings is 1. The molecule has 0 aromatic heterocycles. The second-order valence-corrected chi connectivity index (χ2v) is 6.52. The zero-order valence-electron chi connectivity index (χ0n) is 11.8. The van der Waals surface area contributed by atoms with E-state index in [1.165, 1.54) is 30.4 Å². The summed E-state index contributed by atoms with van der Waals surface area (Å²) in [6.07, 6.45) is 5.72. The van der Waals surface area contributed by atoms with Crippen LogP contribution < -0.4 is 5.32 Å². The van der Waals surface area contributed by atoms with Gasteiger partial charge >= 0.3 is 0 Å². The molecule has 3 rings (SSSR count). The summed E-state index contributed by atoms with van der Waals surface area (Å²) in [6.45, 7) is 3.27. The van der Waals surface area contributed by atoms with E-state index >= 15 is 0 Å². The summed E-state index contributed by atoms with van der Waals surface area (Å²) in [7, 11) is 0. The van der Waals surface area contributed by atoms with Gasteiger partial charge < -0.3 is 10.4 Å². The third-order valence-corrected chi connectivity index (χ3v) is 4.86. The molecule has 0 spiro atoms.